The van der Waals surface area contributed by atoms with Crippen LogP contribution in [0.4, 0.5) is 5.69 Å². The van der Waals surface area contributed by atoms with Crippen LogP contribution >= 0.6 is 0 Å². The van der Waals surface area contributed by atoms with Gasteiger partial charge in [-0.2, -0.15) is 0 Å². The van der Waals surface area contributed by atoms with Gasteiger partial charge in [0.15, 0.2) is 6.10 Å². The molecule has 2 aliphatic heterocycles. The van der Waals surface area contributed by atoms with Crippen LogP contribution in [0.3, 0.4) is 0 Å². The summed E-state index contributed by atoms with van der Waals surface area (Å²) in [6.07, 6.45) is 1.23. The predicted octanol–water partition coefficient (Wildman–Crippen LogP) is 3.00. The fourth-order valence-electron chi connectivity index (χ4n) is 3.96. The minimum absolute atomic E-state index is 0.0240. The first-order valence-corrected chi connectivity index (χ1v) is 9.25. The van der Waals surface area contributed by atoms with E-state index in [0.29, 0.717) is 29.7 Å². The summed E-state index contributed by atoms with van der Waals surface area (Å²) in [5.74, 6) is 1.60. The number of piperidine rings is 1. The smallest absolute Gasteiger partial charge is 0.268 e. The van der Waals surface area contributed by atoms with Gasteiger partial charge >= 0.3 is 0 Å². The molecule has 25 heavy (non-hydrogen) atoms. The van der Waals surface area contributed by atoms with Crippen molar-refractivity contribution < 1.29 is 14.3 Å². The van der Waals surface area contributed by atoms with Gasteiger partial charge in [0.05, 0.1) is 5.69 Å². The summed E-state index contributed by atoms with van der Waals surface area (Å²) in [7, 11) is 0. The van der Waals surface area contributed by atoms with Gasteiger partial charge in [0.2, 0.25) is 5.91 Å². The molecule has 136 valence electrons. The van der Waals surface area contributed by atoms with Crippen LogP contribution in [0, 0.1) is 18.8 Å². The Morgan fingerprint density at radius 3 is 2.56 bits per heavy atom. The summed E-state index contributed by atoms with van der Waals surface area (Å²) in [6.45, 7) is 9.91. The van der Waals surface area contributed by atoms with Crippen LogP contribution in [0.5, 0.6) is 5.75 Å². The first kappa shape index (κ1) is 17.8. The van der Waals surface area contributed by atoms with Crippen LogP contribution in [-0.4, -0.2) is 42.5 Å². The van der Waals surface area contributed by atoms with Crippen molar-refractivity contribution in [1.82, 2.24) is 4.90 Å². The van der Waals surface area contributed by atoms with Crippen molar-refractivity contribution in [1.29, 1.82) is 0 Å². The van der Waals surface area contributed by atoms with Gasteiger partial charge in [-0.25, -0.2) is 0 Å². The molecule has 1 aromatic rings. The van der Waals surface area contributed by atoms with Gasteiger partial charge in [0.1, 0.15) is 12.3 Å². The second kappa shape index (κ2) is 7.06. The van der Waals surface area contributed by atoms with Crippen molar-refractivity contribution in [3.05, 3.63) is 23.8 Å². The highest BCUT2D eigenvalue weighted by Gasteiger charge is 2.36. The molecule has 0 bridgehead atoms. The third kappa shape index (κ3) is 3.65. The lowest BCUT2D eigenvalue weighted by Crippen LogP contribution is -2.52. The molecule has 3 rings (SSSR count). The van der Waals surface area contributed by atoms with Crippen molar-refractivity contribution in [2.24, 2.45) is 11.8 Å². The number of benzene rings is 1. The van der Waals surface area contributed by atoms with Crippen LogP contribution in [0.1, 0.15) is 39.2 Å². The minimum Gasteiger partial charge on any atom is -0.478 e. The molecule has 0 N–H and O–H groups in total. The van der Waals surface area contributed by atoms with E-state index in [4.69, 9.17) is 4.74 Å². The van der Waals surface area contributed by atoms with Crippen molar-refractivity contribution in [2.75, 3.05) is 24.5 Å². The quantitative estimate of drug-likeness (QED) is 0.847. The standard InChI is InChI=1S/C20H28N2O3/c1-5-17-20(24)22(16-9-13(2)6-7-18(16)25-17)12-19(23)21-10-14(3)8-15(4)11-21/h6-7,9,14-15,17H,5,8,10-12H2,1-4H3/t14-,15-,17-/m0/s1. The Morgan fingerprint density at radius 2 is 1.92 bits per heavy atom. The molecular formula is C20H28N2O3. The number of nitrogens with zero attached hydrogens (tertiary/aromatic N) is 2. The Kier molecular flexibility index (Phi) is 5.02. The van der Waals surface area contributed by atoms with E-state index in [2.05, 4.69) is 13.8 Å². The van der Waals surface area contributed by atoms with Gasteiger partial charge in [-0.05, 0) is 49.3 Å². The summed E-state index contributed by atoms with van der Waals surface area (Å²) < 4.78 is 5.82. The molecule has 0 spiro atoms. The molecular weight excluding hydrogens is 316 g/mol. The molecule has 0 unspecified atom stereocenters. The Bertz CT molecular complexity index is 663. The highest BCUT2D eigenvalue weighted by atomic mass is 16.5. The zero-order valence-corrected chi connectivity index (χ0v) is 15.6. The first-order chi connectivity index (χ1) is 11.9. The molecule has 1 fully saturated rings. The Labute approximate surface area is 149 Å². The van der Waals surface area contributed by atoms with Crippen molar-refractivity contribution in [3.63, 3.8) is 0 Å². The van der Waals surface area contributed by atoms with Gasteiger partial charge in [0, 0.05) is 13.1 Å². The summed E-state index contributed by atoms with van der Waals surface area (Å²) >= 11 is 0. The van der Waals surface area contributed by atoms with E-state index in [1.807, 2.05) is 36.9 Å². The fraction of sp³-hybridized carbons (Fsp3) is 0.600. The number of fused-ring (bicyclic) bond motifs is 1. The second-order valence-electron chi connectivity index (χ2n) is 7.66. The van der Waals surface area contributed by atoms with E-state index in [0.717, 1.165) is 25.1 Å². The molecule has 0 aromatic heterocycles. The highest BCUT2D eigenvalue weighted by molar-refractivity contribution is 6.03. The van der Waals surface area contributed by atoms with E-state index in [9.17, 15) is 9.59 Å². The predicted molar refractivity (Wildman–Crippen MR) is 97.8 cm³/mol. The van der Waals surface area contributed by atoms with E-state index in [1.165, 1.54) is 0 Å². The molecule has 5 heteroatoms. The van der Waals surface area contributed by atoms with Crippen molar-refractivity contribution >= 4 is 17.5 Å². The van der Waals surface area contributed by atoms with Gasteiger partial charge < -0.3 is 9.64 Å². The van der Waals surface area contributed by atoms with Crippen molar-refractivity contribution in [2.45, 2.75) is 46.6 Å². The number of hydrogen-bond acceptors (Lipinski definition) is 3. The number of likely N-dealkylation sites (tertiary alicyclic amines) is 1. The molecule has 1 saturated heterocycles. The number of anilines is 1. The van der Waals surface area contributed by atoms with Gasteiger partial charge in [-0.1, -0.05) is 26.8 Å². The minimum atomic E-state index is -0.512. The van der Waals surface area contributed by atoms with E-state index in [1.54, 1.807) is 4.90 Å². The molecule has 2 amide bonds. The zero-order chi connectivity index (χ0) is 18.1. The maximum atomic E-state index is 12.9. The van der Waals surface area contributed by atoms with Crippen LogP contribution < -0.4 is 9.64 Å². The van der Waals surface area contributed by atoms with Gasteiger partial charge in [-0.15, -0.1) is 0 Å². The molecule has 0 radical (unpaired) electrons. The summed E-state index contributed by atoms with van der Waals surface area (Å²) in [4.78, 5) is 29.2. The number of rotatable bonds is 3. The van der Waals surface area contributed by atoms with E-state index in [-0.39, 0.29) is 18.4 Å². The van der Waals surface area contributed by atoms with Crippen LogP contribution in [0.15, 0.2) is 18.2 Å². The second-order valence-corrected chi connectivity index (χ2v) is 7.66. The number of carbonyl (C=O) groups excluding carboxylic acids is 2. The monoisotopic (exact) mass is 344 g/mol. The normalized spacial score (nSPS) is 26.2. The summed E-state index contributed by atoms with van der Waals surface area (Å²) in [5, 5.41) is 0. The average Bonchev–Trinajstić information content (AvgIpc) is 2.56. The lowest BCUT2D eigenvalue weighted by atomic mass is 9.92. The molecule has 3 atom stereocenters. The molecule has 0 saturated carbocycles. The lowest BCUT2D eigenvalue weighted by Gasteiger charge is -2.38. The maximum Gasteiger partial charge on any atom is 0.268 e. The van der Waals surface area contributed by atoms with Gasteiger partial charge in [0.25, 0.3) is 5.91 Å². The Hall–Kier alpha value is -2.04. The maximum absolute atomic E-state index is 12.9. The van der Waals surface area contributed by atoms with Gasteiger partial charge in [-0.3, -0.25) is 14.5 Å². The van der Waals surface area contributed by atoms with Crippen LogP contribution in [0.25, 0.3) is 0 Å². The molecule has 0 aliphatic carbocycles. The summed E-state index contributed by atoms with van der Waals surface area (Å²) in [6, 6.07) is 5.78. The first-order valence-electron chi connectivity index (χ1n) is 9.25. The Balaban J connectivity index is 1.83. The average molecular weight is 344 g/mol. The topological polar surface area (TPSA) is 49.9 Å². The van der Waals surface area contributed by atoms with E-state index < -0.39 is 6.10 Å². The molecule has 2 heterocycles. The number of ether oxygens (including phenoxy) is 1. The zero-order valence-electron chi connectivity index (χ0n) is 15.6. The van der Waals surface area contributed by atoms with E-state index >= 15 is 0 Å². The SMILES string of the molecule is CC[C@@H]1Oc2ccc(C)cc2N(CC(=O)N2C[C@@H](C)C[C@H](C)C2)C1=O. The van der Waals surface area contributed by atoms with Crippen molar-refractivity contribution in [3.8, 4) is 5.75 Å². The summed E-state index contributed by atoms with van der Waals surface area (Å²) in [5.41, 5.74) is 1.75. The number of aryl methyl sites for hydroxylation is 1. The molecule has 2 aliphatic rings. The van der Waals surface area contributed by atoms with Crippen LogP contribution in [-0.2, 0) is 9.59 Å². The largest absolute Gasteiger partial charge is 0.478 e. The third-order valence-corrected chi connectivity index (χ3v) is 5.10. The number of carbonyl (C=O) groups is 2. The number of amides is 2. The lowest BCUT2D eigenvalue weighted by molar-refractivity contribution is -0.135. The third-order valence-electron chi connectivity index (χ3n) is 5.10. The Morgan fingerprint density at radius 1 is 1.24 bits per heavy atom. The highest BCUT2D eigenvalue weighted by Crippen LogP contribution is 2.35. The molecule has 1 aromatic carbocycles. The fourth-order valence-corrected chi connectivity index (χ4v) is 3.96. The number of hydrogen-bond donors (Lipinski definition) is 0. The molecule has 5 nitrogen and oxygen atoms in total. The van der Waals surface area contributed by atoms with Crippen LogP contribution in [0.2, 0.25) is 0 Å².